The standard InChI is InChI=1S/C11H13BrFNO2S/c1-7(6-17(2)16)14-11(15)9-4-3-8(12)5-10(9)13/h3-5,7H,6H2,1-2H3,(H,14,15). The first-order valence-electron chi connectivity index (χ1n) is 4.96. The van der Waals surface area contributed by atoms with E-state index in [1.54, 1.807) is 19.2 Å². The molecule has 3 nitrogen and oxygen atoms in total. The highest BCUT2D eigenvalue weighted by Crippen LogP contribution is 2.15. The minimum Gasteiger partial charge on any atom is -0.349 e. The van der Waals surface area contributed by atoms with Gasteiger partial charge in [0.1, 0.15) is 5.82 Å². The van der Waals surface area contributed by atoms with Crippen LogP contribution in [0.2, 0.25) is 0 Å². The normalized spacial score (nSPS) is 14.1. The van der Waals surface area contributed by atoms with Gasteiger partial charge in [-0.3, -0.25) is 9.00 Å². The Hall–Kier alpha value is -0.750. The van der Waals surface area contributed by atoms with Crippen molar-refractivity contribution < 1.29 is 13.4 Å². The minimum absolute atomic E-state index is 0.0121. The molecule has 0 radical (unpaired) electrons. The number of carbonyl (C=O) groups is 1. The fraction of sp³-hybridized carbons (Fsp3) is 0.364. The molecule has 0 saturated heterocycles. The fourth-order valence-corrected chi connectivity index (χ4v) is 2.49. The Balaban J connectivity index is 2.73. The highest BCUT2D eigenvalue weighted by Gasteiger charge is 2.14. The Morgan fingerprint density at radius 3 is 2.76 bits per heavy atom. The molecule has 1 N–H and O–H groups in total. The molecule has 0 saturated carbocycles. The molecule has 1 aromatic rings. The number of nitrogens with one attached hydrogen (secondary N) is 1. The second kappa shape index (κ2) is 6.26. The summed E-state index contributed by atoms with van der Waals surface area (Å²) in [4.78, 5) is 11.7. The van der Waals surface area contributed by atoms with Crippen LogP contribution in [0.4, 0.5) is 4.39 Å². The Morgan fingerprint density at radius 2 is 2.24 bits per heavy atom. The predicted octanol–water partition coefficient (Wildman–Crippen LogP) is 2.08. The summed E-state index contributed by atoms with van der Waals surface area (Å²) in [6.45, 7) is 1.73. The summed E-state index contributed by atoms with van der Waals surface area (Å²) in [5.41, 5.74) is -0.0121. The Morgan fingerprint density at radius 1 is 1.59 bits per heavy atom. The van der Waals surface area contributed by atoms with Gasteiger partial charge in [-0.15, -0.1) is 0 Å². The summed E-state index contributed by atoms with van der Waals surface area (Å²) in [6, 6.07) is 3.99. The van der Waals surface area contributed by atoms with Gasteiger partial charge >= 0.3 is 0 Å². The third-order valence-electron chi connectivity index (χ3n) is 2.04. The summed E-state index contributed by atoms with van der Waals surface area (Å²) >= 11 is 3.12. The van der Waals surface area contributed by atoms with E-state index in [-0.39, 0.29) is 11.6 Å². The van der Waals surface area contributed by atoms with Crippen LogP contribution < -0.4 is 5.32 Å². The lowest BCUT2D eigenvalue weighted by atomic mass is 10.2. The largest absolute Gasteiger partial charge is 0.349 e. The van der Waals surface area contributed by atoms with Crippen LogP contribution in [0.1, 0.15) is 17.3 Å². The number of benzene rings is 1. The number of rotatable bonds is 4. The van der Waals surface area contributed by atoms with Gasteiger partial charge in [-0.1, -0.05) is 15.9 Å². The monoisotopic (exact) mass is 321 g/mol. The SMILES string of the molecule is CC(CS(C)=O)NC(=O)c1ccc(Br)cc1F. The van der Waals surface area contributed by atoms with E-state index in [1.807, 2.05) is 0 Å². The van der Waals surface area contributed by atoms with Gasteiger partial charge in [-0.25, -0.2) is 4.39 Å². The van der Waals surface area contributed by atoms with E-state index < -0.39 is 22.5 Å². The molecule has 0 aliphatic rings. The van der Waals surface area contributed by atoms with Crippen LogP contribution in [0, 0.1) is 5.82 Å². The predicted molar refractivity (Wildman–Crippen MR) is 70.0 cm³/mol. The molecular formula is C11H13BrFNO2S. The van der Waals surface area contributed by atoms with E-state index in [4.69, 9.17) is 0 Å². The molecule has 0 aliphatic heterocycles. The molecule has 1 aromatic carbocycles. The van der Waals surface area contributed by atoms with Crippen LogP contribution in [0.3, 0.4) is 0 Å². The summed E-state index contributed by atoms with van der Waals surface area (Å²) in [5.74, 6) is -0.723. The van der Waals surface area contributed by atoms with Gasteiger partial charge in [-0.2, -0.15) is 0 Å². The summed E-state index contributed by atoms with van der Waals surface area (Å²) in [5, 5.41) is 2.60. The average Bonchev–Trinajstić information content (AvgIpc) is 2.15. The van der Waals surface area contributed by atoms with Crippen LogP contribution in [-0.2, 0) is 10.8 Å². The van der Waals surface area contributed by atoms with Crippen LogP contribution >= 0.6 is 15.9 Å². The van der Waals surface area contributed by atoms with E-state index in [1.165, 1.54) is 12.1 Å². The summed E-state index contributed by atoms with van der Waals surface area (Å²) in [6.07, 6.45) is 1.56. The number of carbonyl (C=O) groups excluding carboxylic acids is 1. The van der Waals surface area contributed by atoms with E-state index in [0.29, 0.717) is 10.2 Å². The molecule has 0 bridgehead atoms. The van der Waals surface area contributed by atoms with Crippen molar-refractivity contribution >= 4 is 32.6 Å². The molecule has 2 unspecified atom stereocenters. The lowest BCUT2D eigenvalue weighted by Crippen LogP contribution is -2.36. The minimum atomic E-state index is -0.993. The number of halogens is 2. The van der Waals surface area contributed by atoms with E-state index >= 15 is 0 Å². The molecule has 17 heavy (non-hydrogen) atoms. The lowest BCUT2D eigenvalue weighted by Gasteiger charge is -2.12. The molecule has 0 spiro atoms. The van der Waals surface area contributed by atoms with Crippen molar-refractivity contribution in [3.05, 3.63) is 34.1 Å². The second-order valence-corrected chi connectivity index (χ2v) is 6.13. The topological polar surface area (TPSA) is 46.2 Å². The molecule has 1 amide bonds. The van der Waals surface area contributed by atoms with Gasteiger partial charge in [0, 0.05) is 33.3 Å². The Kier molecular flexibility index (Phi) is 5.27. The number of hydrogen-bond acceptors (Lipinski definition) is 2. The van der Waals surface area contributed by atoms with E-state index in [0.717, 1.165) is 0 Å². The van der Waals surface area contributed by atoms with Crippen molar-refractivity contribution in [1.82, 2.24) is 5.32 Å². The van der Waals surface area contributed by atoms with Crippen molar-refractivity contribution in [3.63, 3.8) is 0 Å². The van der Waals surface area contributed by atoms with Crippen LogP contribution in [0.25, 0.3) is 0 Å². The molecular weight excluding hydrogens is 309 g/mol. The van der Waals surface area contributed by atoms with Crippen molar-refractivity contribution in [3.8, 4) is 0 Å². The average molecular weight is 322 g/mol. The zero-order valence-electron chi connectivity index (χ0n) is 9.50. The Bertz CT molecular complexity index is 453. The van der Waals surface area contributed by atoms with Gasteiger partial charge in [-0.05, 0) is 25.1 Å². The van der Waals surface area contributed by atoms with Crippen molar-refractivity contribution in [1.29, 1.82) is 0 Å². The molecule has 1 rings (SSSR count). The zero-order chi connectivity index (χ0) is 13.0. The van der Waals surface area contributed by atoms with Crippen molar-refractivity contribution in [2.75, 3.05) is 12.0 Å². The highest BCUT2D eigenvalue weighted by atomic mass is 79.9. The summed E-state index contributed by atoms with van der Waals surface area (Å²) < 4.78 is 25.0. The third-order valence-corrected chi connectivity index (χ3v) is 3.50. The van der Waals surface area contributed by atoms with Gasteiger partial charge in [0.05, 0.1) is 5.56 Å². The van der Waals surface area contributed by atoms with Gasteiger partial charge < -0.3 is 5.32 Å². The van der Waals surface area contributed by atoms with Crippen LogP contribution in [-0.4, -0.2) is 28.2 Å². The first kappa shape index (κ1) is 14.3. The molecule has 0 aliphatic carbocycles. The molecule has 6 heteroatoms. The molecule has 0 fully saturated rings. The van der Waals surface area contributed by atoms with Crippen molar-refractivity contribution in [2.45, 2.75) is 13.0 Å². The van der Waals surface area contributed by atoms with E-state index in [2.05, 4.69) is 21.2 Å². The highest BCUT2D eigenvalue weighted by molar-refractivity contribution is 9.10. The number of hydrogen-bond donors (Lipinski definition) is 1. The number of amides is 1. The quantitative estimate of drug-likeness (QED) is 0.923. The van der Waals surface area contributed by atoms with Crippen molar-refractivity contribution in [2.24, 2.45) is 0 Å². The van der Waals surface area contributed by atoms with Gasteiger partial charge in [0.25, 0.3) is 5.91 Å². The first-order chi connectivity index (χ1) is 7.90. The molecule has 0 heterocycles. The maximum atomic E-state index is 13.5. The van der Waals surface area contributed by atoms with Crippen LogP contribution in [0.15, 0.2) is 22.7 Å². The Labute approximate surface area is 110 Å². The third kappa shape index (κ3) is 4.55. The maximum Gasteiger partial charge on any atom is 0.254 e. The van der Waals surface area contributed by atoms with Gasteiger partial charge in [0.15, 0.2) is 0 Å². The fourth-order valence-electron chi connectivity index (χ4n) is 1.37. The molecule has 0 aromatic heterocycles. The first-order valence-corrected chi connectivity index (χ1v) is 7.48. The molecule has 94 valence electrons. The second-order valence-electron chi connectivity index (χ2n) is 3.74. The molecule has 2 atom stereocenters. The van der Waals surface area contributed by atoms with E-state index in [9.17, 15) is 13.4 Å². The zero-order valence-corrected chi connectivity index (χ0v) is 11.9. The lowest BCUT2D eigenvalue weighted by molar-refractivity contribution is 0.0939. The maximum absolute atomic E-state index is 13.5. The smallest absolute Gasteiger partial charge is 0.254 e. The summed E-state index contributed by atoms with van der Waals surface area (Å²) in [7, 11) is -0.993. The van der Waals surface area contributed by atoms with Gasteiger partial charge in [0.2, 0.25) is 0 Å². The van der Waals surface area contributed by atoms with Crippen LogP contribution in [0.5, 0.6) is 0 Å².